The summed E-state index contributed by atoms with van der Waals surface area (Å²) in [7, 11) is 1.70. The van der Waals surface area contributed by atoms with Gasteiger partial charge in [0.15, 0.2) is 17.9 Å². The number of nitrogens with two attached hydrogens (primary N) is 1. The number of nitrogen functional groups attached to an aromatic ring is 1. The summed E-state index contributed by atoms with van der Waals surface area (Å²) in [5.41, 5.74) is 6.71. The summed E-state index contributed by atoms with van der Waals surface area (Å²) in [6.45, 7) is 7.69. The average molecular weight is 220 g/mol. The molecule has 0 aliphatic heterocycles. The molecule has 0 saturated carbocycles. The normalized spacial score (nSPS) is 11.9. The zero-order valence-corrected chi connectivity index (χ0v) is 9.77. The van der Waals surface area contributed by atoms with Crippen molar-refractivity contribution in [3.8, 4) is 0 Å². The van der Waals surface area contributed by atoms with Gasteiger partial charge < -0.3 is 5.73 Å². The molecule has 0 aromatic carbocycles. The zero-order chi connectivity index (χ0) is 12.3. The predicted molar refractivity (Wildman–Crippen MR) is 65.1 cm³/mol. The number of aliphatic imine (C=N–C) groups is 1. The number of aryl methyl sites for hydroxylation is 1. The van der Waals surface area contributed by atoms with E-state index in [0.717, 1.165) is 5.71 Å². The molecule has 2 N–H and O–H groups in total. The molecule has 1 aromatic heterocycles. The van der Waals surface area contributed by atoms with Crippen LogP contribution in [0.3, 0.4) is 0 Å². The Balaban J connectivity index is 3.32. The van der Waals surface area contributed by atoms with Crippen LogP contribution in [0.4, 0.5) is 11.6 Å². The fourth-order valence-electron chi connectivity index (χ4n) is 1.33. The standard InChI is InChI=1S/C11H16N4O/c1-5-9(7(2)3)13-11-8(6-16)10(12)14-15(11)4/h5-7H,1H2,2-4H3,(H2,12,14)/b13-9+. The van der Waals surface area contributed by atoms with Gasteiger partial charge in [0.05, 0.1) is 0 Å². The van der Waals surface area contributed by atoms with E-state index in [1.165, 1.54) is 4.68 Å². The van der Waals surface area contributed by atoms with Crippen molar-refractivity contribution in [2.45, 2.75) is 13.8 Å². The molecule has 0 aliphatic carbocycles. The topological polar surface area (TPSA) is 73.3 Å². The second-order valence-corrected chi connectivity index (χ2v) is 3.76. The number of anilines is 1. The van der Waals surface area contributed by atoms with Crippen LogP contribution in [0.2, 0.25) is 0 Å². The quantitative estimate of drug-likeness (QED) is 0.620. The number of carbonyl (C=O) groups is 1. The van der Waals surface area contributed by atoms with Crippen LogP contribution >= 0.6 is 0 Å². The summed E-state index contributed by atoms with van der Waals surface area (Å²) in [4.78, 5) is 15.2. The first-order valence-corrected chi connectivity index (χ1v) is 4.99. The van der Waals surface area contributed by atoms with Gasteiger partial charge in [-0.2, -0.15) is 5.10 Å². The zero-order valence-electron chi connectivity index (χ0n) is 9.77. The fourth-order valence-corrected chi connectivity index (χ4v) is 1.33. The average Bonchev–Trinajstić information content (AvgIpc) is 2.48. The smallest absolute Gasteiger partial charge is 0.163 e. The Morgan fingerprint density at radius 2 is 2.25 bits per heavy atom. The van der Waals surface area contributed by atoms with E-state index in [1.54, 1.807) is 13.1 Å². The second-order valence-electron chi connectivity index (χ2n) is 3.76. The number of rotatable bonds is 4. The van der Waals surface area contributed by atoms with Gasteiger partial charge in [0.1, 0.15) is 5.56 Å². The van der Waals surface area contributed by atoms with Crippen LogP contribution in [-0.2, 0) is 7.05 Å². The van der Waals surface area contributed by atoms with E-state index >= 15 is 0 Å². The number of hydrogen-bond donors (Lipinski definition) is 1. The first-order chi connectivity index (χ1) is 7.51. The number of aromatic nitrogens is 2. The summed E-state index contributed by atoms with van der Waals surface area (Å²) in [5.74, 6) is 0.896. The third-order valence-electron chi connectivity index (χ3n) is 2.23. The molecule has 0 atom stereocenters. The highest BCUT2D eigenvalue weighted by atomic mass is 16.1. The van der Waals surface area contributed by atoms with Crippen molar-refractivity contribution < 1.29 is 4.79 Å². The molecule has 5 heteroatoms. The van der Waals surface area contributed by atoms with Gasteiger partial charge >= 0.3 is 0 Å². The molecule has 1 rings (SSSR count). The van der Waals surface area contributed by atoms with E-state index in [0.29, 0.717) is 17.7 Å². The molecule has 1 heterocycles. The van der Waals surface area contributed by atoms with Crippen LogP contribution < -0.4 is 5.73 Å². The highest BCUT2D eigenvalue weighted by Crippen LogP contribution is 2.23. The number of aldehydes is 1. The lowest BCUT2D eigenvalue weighted by atomic mass is 10.1. The van der Waals surface area contributed by atoms with Gasteiger partial charge in [-0.1, -0.05) is 20.4 Å². The van der Waals surface area contributed by atoms with Crippen molar-refractivity contribution in [1.82, 2.24) is 9.78 Å². The van der Waals surface area contributed by atoms with E-state index < -0.39 is 0 Å². The Bertz CT molecular complexity index is 443. The maximum atomic E-state index is 10.9. The monoisotopic (exact) mass is 220 g/mol. The molecule has 0 bridgehead atoms. The van der Waals surface area contributed by atoms with E-state index in [9.17, 15) is 4.79 Å². The van der Waals surface area contributed by atoms with Crippen molar-refractivity contribution >= 4 is 23.6 Å². The van der Waals surface area contributed by atoms with Gasteiger partial charge in [0.25, 0.3) is 0 Å². The summed E-state index contributed by atoms with van der Waals surface area (Å²) in [6, 6.07) is 0. The highest BCUT2D eigenvalue weighted by molar-refractivity contribution is 5.99. The fraction of sp³-hybridized carbons (Fsp3) is 0.364. The Kier molecular flexibility index (Phi) is 3.60. The van der Waals surface area contributed by atoms with Crippen molar-refractivity contribution in [3.63, 3.8) is 0 Å². The molecule has 5 nitrogen and oxygen atoms in total. The Hall–Kier alpha value is -1.91. The molecule has 0 unspecified atom stereocenters. The molecular formula is C11H16N4O. The molecule has 0 aliphatic rings. The first kappa shape index (κ1) is 12.2. The Labute approximate surface area is 94.7 Å². The Morgan fingerprint density at radius 1 is 1.62 bits per heavy atom. The highest BCUT2D eigenvalue weighted by Gasteiger charge is 2.13. The maximum Gasteiger partial charge on any atom is 0.163 e. The largest absolute Gasteiger partial charge is 0.382 e. The van der Waals surface area contributed by atoms with Gasteiger partial charge in [0, 0.05) is 12.8 Å². The van der Waals surface area contributed by atoms with E-state index in [1.807, 2.05) is 13.8 Å². The van der Waals surface area contributed by atoms with Crippen LogP contribution in [0, 0.1) is 5.92 Å². The molecule has 0 radical (unpaired) electrons. The number of nitrogens with zero attached hydrogens (tertiary/aromatic N) is 3. The van der Waals surface area contributed by atoms with Gasteiger partial charge in [-0.3, -0.25) is 4.79 Å². The minimum Gasteiger partial charge on any atom is -0.382 e. The summed E-state index contributed by atoms with van der Waals surface area (Å²) in [5, 5.41) is 3.95. The molecule has 0 saturated heterocycles. The van der Waals surface area contributed by atoms with Crippen LogP contribution in [0.1, 0.15) is 24.2 Å². The number of allylic oxidation sites excluding steroid dienone is 1. The molecule has 0 spiro atoms. The van der Waals surface area contributed by atoms with Crippen LogP contribution in [0.5, 0.6) is 0 Å². The maximum absolute atomic E-state index is 10.9. The van der Waals surface area contributed by atoms with Crippen molar-refractivity contribution in [1.29, 1.82) is 0 Å². The lowest BCUT2D eigenvalue weighted by Gasteiger charge is -2.05. The van der Waals surface area contributed by atoms with Crippen LogP contribution in [0.25, 0.3) is 0 Å². The van der Waals surface area contributed by atoms with Crippen molar-refractivity contribution in [3.05, 3.63) is 18.2 Å². The predicted octanol–water partition coefficient (Wildman–Crippen LogP) is 1.73. The lowest BCUT2D eigenvalue weighted by molar-refractivity contribution is 0.112. The van der Waals surface area contributed by atoms with Gasteiger partial charge in [0.2, 0.25) is 0 Å². The van der Waals surface area contributed by atoms with Gasteiger partial charge in [-0.25, -0.2) is 9.67 Å². The molecule has 0 amide bonds. The second kappa shape index (κ2) is 4.74. The molecular weight excluding hydrogens is 204 g/mol. The first-order valence-electron chi connectivity index (χ1n) is 4.99. The molecule has 1 aromatic rings. The van der Waals surface area contributed by atoms with E-state index in [2.05, 4.69) is 16.7 Å². The van der Waals surface area contributed by atoms with Gasteiger partial charge in [-0.05, 0) is 12.0 Å². The third-order valence-corrected chi connectivity index (χ3v) is 2.23. The van der Waals surface area contributed by atoms with Crippen LogP contribution in [-0.4, -0.2) is 21.8 Å². The summed E-state index contributed by atoms with van der Waals surface area (Å²) < 4.78 is 1.49. The lowest BCUT2D eigenvalue weighted by Crippen LogP contribution is -2.04. The van der Waals surface area contributed by atoms with Gasteiger partial charge in [-0.15, -0.1) is 0 Å². The minimum atomic E-state index is 0.198. The molecule has 0 fully saturated rings. The SMILES string of the molecule is C=C/C(=N\c1c(C=O)c(N)nn1C)C(C)C. The number of hydrogen-bond acceptors (Lipinski definition) is 4. The number of carbonyl (C=O) groups excluding carboxylic acids is 1. The van der Waals surface area contributed by atoms with Crippen LogP contribution in [0.15, 0.2) is 17.6 Å². The van der Waals surface area contributed by atoms with E-state index in [-0.39, 0.29) is 11.7 Å². The summed E-state index contributed by atoms with van der Waals surface area (Å²) >= 11 is 0. The molecule has 86 valence electrons. The minimum absolute atomic E-state index is 0.198. The van der Waals surface area contributed by atoms with E-state index in [4.69, 9.17) is 5.73 Å². The summed E-state index contributed by atoms with van der Waals surface area (Å²) in [6.07, 6.45) is 2.34. The molecule has 16 heavy (non-hydrogen) atoms. The Morgan fingerprint density at radius 3 is 2.69 bits per heavy atom. The van der Waals surface area contributed by atoms with Crippen molar-refractivity contribution in [2.24, 2.45) is 18.0 Å². The third kappa shape index (κ3) is 2.18. The van der Waals surface area contributed by atoms with Crippen molar-refractivity contribution in [2.75, 3.05) is 5.73 Å².